The largest absolute Gasteiger partial charge is 0.508 e. The van der Waals surface area contributed by atoms with Gasteiger partial charge in [-0.2, -0.15) is 10.2 Å². The predicted molar refractivity (Wildman–Crippen MR) is 152 cm³/mol. The van der Waals surface area contributed by atoms with Gasteiger partial charge in [0.05, 0.1) is 30.2 Å². The van der Waals surface area contributed by atoms with Crippen molar-refractivity contribution in [3.8, 4) is 28.3 Å². The standard InChI is InChI=1S/C30H26FN7O2/c1-18(38-30-26(29(32)33-17-34-30)28(36-38)21-12-22(31)14-23(39)13-21)24-15-25(40)37(16-19-8-4-2-5-9-19)35-27(24)20-10-6-3-7-11-20/h2-15,17-18,29,39H,16,32H2,1H3,(H,33,34). The molecule has 2 atom stereocenters. The maximum absolute atomic E-state index is 14.2. The molecular formula is C30H26FN7O2. The molecule has 0 saturated carbocycles. The fourth-order valence-electron chi connectivity index (χ4n) is 4.97. The molecule has 3 heterocycles. The second-order valence-corrected chi connectivity index (χ2v) is 9.59. The molecule has 1 aliphatic rings. The highest BCUT2D eigenvalue weighted by molar-refractivity contribution is 5.83. The highest BCUT2D eigenvalue weighted by atomic mass is 19.1. The maximum Gasteiger partial charge on any atom is 0.267 e. The molecule has 0 bridgehead atoms. The number of aliphatic imine (C=N–C) groups is 1. The summed E-state index contributed by atoms with van der Waals surface area (Å²) in [6.07, 6.45) is 0.724. The summed E-state index contributed by atoms with van der Waals surface area (Å²) >= 11 is 0. The van der Waals surface area contributed by atoms with Crippen molar-refractivity contribution in [1.29, 1.82) is 0 Å². The number of anilines is 1. The molecule has 9 nitrogen and oxygen atoms in total. The van der Waals surface area contributed by atoms with Crippen LogP contribution in [0.5, 0.6) is 5.75 Å². The number of nitrogens with zero attached hydrogens (tertiary/aromatic N) is 5. The summed E-state index contributed by atoms with van der Waals surface area (Å²) in [4.78, 5) is 17.6. The van der Waals surface area contributed by atoms with E-state index in [2.05, 4.69) is 10.3 Å². The van der Waals surface area contributed by atoms with E-state index < -0.39 is 18.0 Å². The molecule has 40 heavy (non-hydrogen) atoms. The molecular weight excluding hydrogens is 509 g/mol. The van der Waals surface area contributed by atoms with E-state index in [-0.39, 0.29) is 11.3 Å². The lowest BCUT2D eigenvalue weighted by Crippen LogP contribution is -2.26. The van der Waals surface area contributed by atoms with Crippen molar-refractivity contribution in [1.82, 2.24) is 19.6 Å². The number of nitrogens with one attached hydrogen (secondary N) is 1. The van der Waals surface area contributed by atoms with Crippen molar-refractivity contribution in [2.24, 2.45) is 10.7 Å². The number of phenolic OH excluding ortho intramolecular Hbond substituents is 1. The van der Waals surface area contributed by atoms with E-state index in [1.54, 1.807) is 10.7 Å². The number of phenols is 1. The van der Waals surface area contributed by atoms with Gasteiger partial charge >= 0.3 is 0 Å². The molecule has 4 N–H and O–H groups in total. The highest BCUT2D eigenvalue weighted by Gasteiger charge is 2.30. The zero-order chi connectivity index (χ0) is 27.8. The molecule has 5 aromatic rings. The van der Waals surface area contributed by atoms with Crippen molar-refractivity contribution >= 4 is 12.2 Å². The van der Waals surface area contributed by atoms with Crippen LogP contribution in [0.1, 0.15) is 35.8 Å². The number of aromatic hydroxyl groups is 1. The number of hydrogen-bond acceptors (Lipinski definition) is 7. The number of halogens is 1. The fourth-order valence-corrected chi connectivity index (χ4v) is 4.97. The minimum Gasteiger partial charge on any atom is -0.508 e. The minimum atomic E-state index is -0.761. The molecule has 2 unspecified atom stereocenters. The Kier molecular flexibility index (Phi) is 6.45. The summed E-state index contributed by atoms with van der Waals surface area (Å²) in [5.74, 6) is -0.282. The van der Waals surface area contributed by atoms with Gasteiger partial charge < -0.3 is 16.2 Å². The number of fused-ring (bicyclic) bond motifs is 1. The Balaban J connectivity index is 1.51. The van der Waals surface area contributed by atoms with E-state index >= 15 is 0 Å². The summed E-state index contributed by atoms with van der Waals surface area (Å²) in [5.41, 5.74) is 10.4. The Labute approximate surface area is 229 Å². The molecule has 0 radical (unpaired) electrons. The summed E-state index contributed by atoms with van der Waals surface area (Å²) in [5, 5.41) is 22.8. The van der Waals surface area contributed by atoms with Crippen LogP contribution in [0.4, 0.5) is 10.2 Å². The van der Waals surface area contributed by atoms with Crippen LogP contribution in [0.15, 0.2) is 94.7 Å². The third kappa shape index (κ3) is 4.65. The van der Waals surface area contributed by atoms with E-state index in [4.69, 9.17) is 15.9 Å². The van der Waals surface area contributed by atoms with Gasteiger partial charge in [-0.1, -0.05) is 60.7 Å². The molecule has 0 amide bonds. The van der Waals surface area contributed by atoms with Gasteiger partial charge in [-0.15, -0.1) is 0 Å². The Morgan fingerprint density at radius 2 is 1.70 bits per heavy atom. The lowest BCUT2D eigenvalue weighted by atomic mass is 10.0. The quantitative estimate of drug-likeness (QED) is 0.290. The SMILES string of the molecule is CC(c1cc(=O)n(Cc2ccccc2)nc1-c1ccccc1)n1nc(-c2cc(O)cc(F)c2)c2c1NC=NC2N. The van der Waals surface area contributed by atoms with Gasteiger partial charge in [0.15, 0.2) is 0 Å². The van der Waals surface area contributed by atoms with Gasteiger partial charge in [0, 0.05) is 28.8 Å². The van der Waals surface area contributed by atoms with Crippen LogP contribution >= 0.6 is 0 Å². The molecule has 3 aromatic carbocycles. The topological polar surface area (TPSA) is 123 Å². The first-order valence-electron chi connectivity index (χ1n) is 12.8. The van der Waals surface area contributed by atoms with Crippen LogP contribution in [0.2, 0.25) is 0 Å². The second-order valence-electron chi connectivity index (χ2n) is 9.59. The van der Waals surface area contributed by atoms with Crippen LogP contribution in [0.25, 0.3) is 22.5 Å². The Hall–Kier alpha value is -5.09. The summed E-state index contributed by atoms with van der Waals surface area (Å²) in [6.45, 7) is 2.23. The van der Waals surface area contributed by atoms with E-state index in [1.165, 1.54) is 23.2 Å². The normalized spacial score (nSPS) is 14.9. The molecule has 0 saturated heterocycles. The highest BCUT2D eigenvalue weighted by Crippen LogP contribution is 2.39. The number of benzene rings is 3. The van der Waals surface area contributed by atoms with Crippen molar-refractivity contribution < 1.29 is 9.50 Å². The third-order valence-electron chi connectivity index (χ3n) is 6.90. The first-order valence-corrected chi connectivity index (χ1v) is 12.8. The van der Waals surface area contributed by atoms with E-state index in [1.807, 2.05) is 67.6 Å². The summed E-state index contributed by atoms with van der Waals surface area (Å²) < 4.78 is 17.4. The Morgan fingerprint density at radius 3 is 2.42 bits per heavy atom. The zero-order valence-corrected chi connectivity index (χ0v) is 21.6. The smallest absolute Gasteiger partial charge is 0.267 e. The van der Waals surface area contributed by atoms with Gasteiger partial charge in [0.25, 0.3) is 5.56 Å². The van der Waals surface area contributed by atoms with E-state index in [0.717, 1.165) is 17.2 Å². The molecule has 10 heteroatoms. The lowest BCUT2D eigenvalue weighted by Gasteiger charge is -2.22. The summed E-state index contributed by atoms with van der Waals surface area (Å²) in [6, 6.07) is 24.1. The van der Waals surface area contributed by atoms with Crippen LogP contribution < -0.4 is 16.6 Å². The van der Waals surface area contributed by atoms with E-state index in [0.29, 0.717) is 40.4 Å². The minimum absolute atomic E-state index is 0.232. The monoisotopic (exact) mass is 535 g/mol. The molecule has 0 aliphatic carbocycles. The predicted octanol–water partition coefficient (Wildman–Crippen LogP) is 4.69. The molecule has 0 fully saturated rings. The number of rotatable bonds is 6. The van der Waals surface area contributed by atoms with Crippen molar-refractivity contribution in [3.05, 3.63) is 118 Å². The first kappa shape index (κ1) is 25.2. The van der Waals surface area contributed by atoms with Gasteiger partial charge in [-0.25, -0.2) is 13.8 Å². The third-order valence-corrected chi connectivity index (χ3v) is 6.90. The summed E-state index contributed by atoms with van der Waals surface area (Å²) in [7, 11) is 0. The van der Waals surface area contributed by atoms with Gasteiger partial charge in [-0.05, 0) is 24.6 Å². The van der Waals surface area contributed by atoms with E-state index in [9.17, 15) is 14.3 Å². The van der Waals surface area contributed by atoms with Gasteiger partial charge in [0.2, 0.25) is 0 Å². The molecule has 1 aliphatic heterocycles. The number of aromatic nitrogens is 4. The fraction of sp³-hybridized carbons (Fsp3) is 0.133. The van der Waals surface area contributed by atoms with Crippen LogP contribution in [0, 0.1) is 5.82 Å². The van der Waals surface area contributed by atoms with Gasteiger partial charge in [0.1, 0.15) is 29.2 Å². The van der Waals surface area contributed by atoms with Crippen LogP contribution in [0.3, 0.4) is 0 Å². The molecule has 200 valence electrons. The first-order chi connectivity index (χ1) is 19.4. The number of nitrogens with two attached hydrogens (primary N) is 1. The lowest BCUT2D eigenvalue weighted by molar-refractivity contribution is 0.469. The van der Waals surface area contributed by atoms with Crippen molar-refractivity contribution in [2.75, 3.05) is 5.32 Å². The van der Waals surface area contributed by atoms with Crippen molar-refractivity contribution in [3.63, 3.8) is 0 Å². The Morgan fingerprint density at radius 1 is 0.975 bits per heavy atom. The van der Waals surface area contributed by atoms with Crippen molar-refractivity contribution in [2.45, 2.75) is 25.7 Å². The van der Waals surface area contributed by atoms with Crippen LogP contribution in [-0.4, -0.2) is 31.0 Å². The van der Waals surface area contributed by atoms with Gasteiger partial charge in [-0.3, -0.25) is 9.79 Å². The second kappa shape index (κ2) is 10.2. The maximum atomic E-state index is 14.2. The average molecular weight is 536 g/mol. The average Bonchev–Trinajstić information content (AvgIpc) is 3.35. The molecule has 2 aromatic heterocycles. The number of hydrogen-bond donors (Lipinski definition) is 3. The Bertz CT molecular complexity index is 1760. The molecule has 0 spiro atoms. The van der Waals surface area contributed by atoms with Crippen LogP contribution in [-0.2, 0) is 6.54 Å². The molecule has 6 rings (SSSR count). The zero-order valence-electron chi connectivity index (χ0n) is 21.6.